The summed E-state index contributed by atoms with van der Waals surface area (Å²) in [5.74, 6) is 0. The molecule has 19 heavy (non-hydrogen) atoms. The number of hydrogen-bond donors (Lipinski definition) is 0. The van der Waals surface area contributed by atoms with Gasteiger partial charge < -0.3 is 14.4 Å². The smallest absolute Gasteiger partial charge is 0.410 e. The molecule has 0 radical (unpaired) electrons. The summed E-state index contributed by atoms with van der Waals surface area (Å²) in [6.45, 7) is 6.01. The normalized spacial score (nSPS) is 13.5. The number of alkyl halides is 2. The van der Waals surface area contributed by atoms with E-state index in [4.69, 9.17) is 9.53 Å². The second-order valence-electron chi connectivity index (χ2n) is 4.61. The Labute approximate surface area is 112 Å². The van der Waals surface area contributed by atoms with Crippen molar-refractivity contribution < 1.29 is 27.8 Å². The van der Waals surface area contributed by atoms with Crippen LogP contribution in [-0.2, 0) is 14.3 Å². The predicted octanol–water partition coefficient (Wildman–Crippen LogP) is 2.69. The molecule has 1 amide bonds. The molecule has 0 bridgehead atoms. The Morgan fingerprint density at radius 1 is 1.26 bits per heavy atom. The van der Waals surface area contributed by atoms with Crippen LogP contribution in [0.4, 0.5) is 13.6 Å². The molecule has 1 heterocycles. The molecule has 0 aromatic carbocycles. The molecule has 1 aliphatic heterocycles. The molecule has 1 fully saturated rings. The van der Waals surface area contributed by atoms with Crippen molar-refractivity contribution in [2.75, 3.05) is 27.1 Å². The van der Waals surface area contributed by atoms with E-state index in [1.165, 1.54) is 7.11 Å². The number of carbonyl (C=O) groups is 2. The summed E-state index contributed by atoms with van der Waals surface area (Å²) >= 11 is 0. The first-order chi connectivity index (χ1) is 8.82. The Kier molecular flexibility index (Phi) is 12.2. The van der Waals surface area contributed by atoms with Gasteiger partial charge in [0.1, 0.15) is 5.60 Å². The van der Waals surface area contributed by atoms with Crippen molar-refractivity contribution in [3.05, 3.63) is 0 Å². The van der Waals surface area contributed by atoms with Crippen molar-refractivity contribution in [2.45, 2.75) is 39.2 Å². The Morgan fingerprint density at radius 2 is 1.63 bits per heavy atom. The van der Waals surface area contributed by atoms with Crippen molar-refractivity contribution in [1.29, 1.82) is 0 Å². The van der Waals surface area contributed by atoms with Gasteiger partial charge in [0.2, 0.25) is 6.93 Å². The SMILES string of the molecule is CC(C)(C)OC(=O)N1CCCC1.COC=O.FCF. The highest BCUT2D eigenvalue weighted by Gasteiger charge is 2.23. The lowest BCUT2D eigenvalue weighted by Crippen LogP contribution is -2.34. The minimum Gasteiger partial charge on any atom is -0.471 e. The van der Waals surface area contributed by atoms with Crippen LogP contribution in [0.25, 0.3) is 0 Å². The van der Waals surface area contributed by atoms with Gasteiger partial charge in [-0.1, -0.05) is 0 Å². The summed E-state index contributed by atoms with van der Waals surface area (Å²) < 4.78 is 28.3. The lowest BCUT2D eigenvalue weighted by Gasteiger charge is -2.23. The maximum atomic E-state index is 11.4. The Balaban J connectivity index is 0. The van der Waals surface area contributed by atoms with Crippen LogP contribution in [0, 0.1) is 0 Å². The molecule has 0 aromatic heterocycles. The highest BCUT2D eigenvalue weighted by atomic mass is 19.3. The van der Waals surface area contributed by atoms with E-state index >= 15 is 0 Å². The van der Waals surface area contributed by atoms with E-state index in [-0.39, 0.29) is 11.7 Å². The molecule has 0 spiro atoms. The van der Waals surface area contributed by atoms with E-state index in [1.807, 2.05) is 20.8 Å². The number of halogens is 2. The summed E-state index contributed by atoms with van der Waals surface area (Å²) in [5, 5.41) is 0. The van der Waals surface area contributed by atoms with Gasteiger partial charge in [0.05, 0.1) is 7.11 Å². The van der Waals surface area contributed by atoms with Crippen molar-refractivity contribution in [3.8, 4) is 0 Å². The molecule has 7 heteroatoms. The number of methoxy groups -OCH3 is 1. The van der Waals surface area contributed by atoms with Gasteiger partial charge in [-0.2, -0.15) is 0 Å². The second-order valence-corrected chi connectivity index (χ2v) is 4.61. The second kappa shape index (κ2) is 11.7. The zero-order valence-corrected chi connectivity index (χ0v) is 11.9. The fourth-order valence-corrected chi connectivity index (χ4v) is 1.23. The molecule has 5 nitrogen and oxygen atoms in total. The molecule has 0 atom stereocenters. The van der Waals surface area contributed by atoms with Crippen LogP contribution in [0.5, 0.6) is 0 Å². The molecule has 0 aliphatic carbocycles. The topological polar surface area (TPSA) is 55.8 Å². The highest BCUT2D eigenvalue weighted by Crippen LogP contribution is 2.14. The molecule has 0 N–H and O–H groups in total. The van der Waals surface area contributed by atoms with Crippen LogP contribution in [0.15, 0.2) is 0 Å². The van der Waals surface area contributed by atoms with Crippen LogP contribution in [0.3, 0.4) is 0 Å². The van der Waals surface area contributed by atoms with Gasteiger partial charge in [0.25, 0.3) is 6.47 Å². The average Bonchev–Trinajstić information content (AvgIpc) is 2.82. The summed E-state index contributed by atoms with van der Waals surface area (Å²) in [5.41, 5.74) is -0.361. The van der Waals surface area contributed by atoms with Crippen LogP contribution in [-0.4, -0.2) is 50.2 Å². The van der Waals surface area contributed by atoms with Gasteiger partial charge in [-0.25, -0.2) is 13.6 Å². The fraction of sp³-hybridized carbons (Fsp3) is 0.833. The quantitative estimate of drug-likeness (QED) is 0.694. The predicted molar refractivity (Wildman–Crippen MR) is 67.2 cm³/mol. The van der Waals surface area contributed by atoms with Gasteiger partial charge >= 0.3 is 6.09 Å². The van der Waals surface area contributed by atoms with Crippen LogP contribution >= 0.6 is 0 Å². The number of nitrogens with zero attached hydrogens (tertiary/aromatic N) is 1. The molecule has 1 rings (SSSR count). The van der Waals surface area contributed by atoms with Gasteiger partial charge in [0, 0.05) is 13.1 Å². The van der Waals surface area contributed by atoms with Gasteiger partial charge in [0.15, 0.2) is 0 Å². The monoisotopic (exact) mass is 283 g/mol. The number of likely N-dealkylation sites (tertiary alicyclic amines) is 1. The van der Waals surface area contributed by atoms with Gasteiger partial charge in [-0.15, -0.1) is 0 Å². The first kappa shape index (κ1) is 19.9. The third-order valence-corrected chi connectivity index (χ3v) is 1.85. The van der Waals surface area contributed by atoms with Gasteiger partial charge in [-0.3, -0.25) is 4.79 Å². The summed E-state index contributed by atoms with van der Waals surface area (Å²) in [6, 6.07) is 0. The molecule has 0 saturated carbocycles. The molecule has 114 valence electrons. The lowest BCUT2D eigenvalue weighted by molar-refractivity contribution is -0.126. The largest absolute Gasteiger partial charge is 0.471 e. The van der Waals surface area contributed by atoms with Crippen molar-refractivity contribution in [3.63, 3.8) is 0 Å². The third kappa shape index (κ3) is 14.5. The van der Waals surface area contributed by atoms with E-state index in [2.05, 4.69) is 4.74 Å². The number of rotatable bonds is 1. The number of ether oxygens (including phenoxy) is 2. The van der Waals surface area contributed by atoms with E-state index in [0.717, 1.165) is 25.9 Å². The van der Waals surface area contributed by atoms with Crippen LogP contribution < -0.4 is 0 Å². The molecule has 1 saturated heterocycles. The molecule has 0 aromatic rings. The van der Waals surface area contributed by atoms with Crippen LogP contribution in [0.1, 0.15) is 33.6 Å². The van der Waals surface area contributed by atoms with E-state index in [9.17, 15) is 13.6 Å². The maximum Gasteiger partial charge on any atom is 0.410 e. The first-order valence-electron chi connectivity index (χ1n) is 5.88. The number of hydrogen-bond acceptors (Lipinski definition) is 4. The molecule has 0 unspecified atom stereocenters. The average molecular weight is 283 g/mol. The number of amides is 1. The van der Waals surface area contributed by atoms with Gasteiger partial charge in [-0.05, 0) is 33.6 Å². The minimum absolute atomic E-state index is 0.167. The fourth-order valence-electron chi connectivity index (χ4n) is 1.23. The van der Waals surface area contributed by atoms with Crippen molar-refractivity contribution in [2.24, 2.45) is 0 Å². The zero-order valence-electron chi connectivity index (χ0n) is 11.9. The van der Waals surface area contributed by atoms with Crippen molar-refractivity contribution in [1.82, 2.24) is 4.90 Å². The third-order valence-electron chi connectivity index (χ3n) is 1.85. The van der Waals surface area contributed by atoms with E-state index < -0.39 is 6.93 Å². The van der Waals surface area contributed by atoms with E-state index in [0.29, 0.717) is 6.47 Å². The minimum atomic E-state index is -1.75. The zero-order chi connectivity index (χ0) is 15.3. The van der Waals surface area contributed by atoms with E-state index in [1.54, 1.807) is 4.90 Å². The molecular formula is C12H23F2NO4. The van der Waals surface area contributed by atoms with Crippen LogP contribution in [0.2, 0.25) is 0 Å². The standard InChI is InChI=1S/C9H17NO2.C2H4O2.CH2F2/c1-9(2,3)12-8(11)10-6-4-5-7-10;1-4-2-3;2-1-3/h4-7H2,1-3H3;2H,1H3;1H2. The summed E-state index contributed by atoms with van der Waals surface area (Å²) in [4.78, 5) is 22.1. The van der Waals surface area contributed by atoms with Crippen molar-refractivity contribution >= 4 is 12.6 Å². The Bertz CT molecular complexity index is 238. The molecule has 1 aliphatic rings. The highest BCUT2D eigenvalue weighted by molar-refractivity contribution is 5.68. The Hall–Kier alpha value is -1.40. The summed E-state index contributed by atoms with van der Waals surface area (Å²) in [7, 11) is 1.31. The Morgan fingerprint density at radius 3 is 1.89 bits per heavy atom. The first-order valence-corrected chi connectivity index (χ1v) is 5.88. The molecular weight excluding hydrogens is 260 g/mol. The maximum absolute atomic E-state index is 11.4. The lowest BCUT2D eigenvalue weighted by atomic mass is 10.2. The number of carbonyl (C=O) groups excluding carboxylic acids is 2. The summed E-state index contributed by atoms with van der Waals surface area (Å²) in [6.07, 6.45) is 2.05.